The molecule has 0 unspecified atom stereocenters. The maximum Gasteiger partial charge on any atom is 0.332 e. The minimum atomic E-state index is -1.44. The summed E-state index contributed by atoms with van der Waals surface area (Å²) in [5, 5.41) is 20.1. The summed E-state index contributed by atoms with van der Waals surface area (Å²) in [4.78, 5) is 22.2. The number of carboxylic acid groups (broad SMARTS) is 1. The maximum atomic E-state index is 11.8. The largest absolute Gasteiger partial charge is 0.479 e. The zero-order chi connectivity index (χ0) is 13.7. The van der Waals surface area contributed by atoms with Crippen molar-refractivity contribution in [3.8, 4) is 0 Å². The van der Waals surface area contributed by atoms with Crippen LogP contribution in [0.1, 0.15) is 22.3 Å². The van der Waals surface area contributed by atoms with Gasteiger partial charge in [-0.15, -0.1) is 0 Å². The van der Waals surface area contributed by atoms with Crippen LogP contribution in [-0.4, -0.2) is 34.7 Å². The lowest BCUT2D eigenvalue weighted by molar-refractivity contribution is -0.146. The Morgan fingerprint density at radius 3 is 2.72 bits per heavy atom. The van der Waals surface area contributed by atoms with E-state index < -0.39 is 12.1 Å². The second-order valence-corrected chi connectivity index (χ2v) is 4.91. The van der Waals surface area contributed by atoms with Crippen LogP contribution in [0.4, 0.5) is 0 Å². The highest BCUT2D eigenvalue weighted by molar-refractivity contribution is 14.1. The molecule has 1 aromatic rings. The zero-order valence-electron chi connectivity index (χ0n) is 9.81. The number of hydrogen-bond acceptors (Lipinski definition) is 3. The van der Waals surface area contributed by atoms with Gasteiger partial charge in [0.25, 0.3) is 5.91 Å². The number of nitrogens with one attached hydrogen (secondary N) is 1. The number of amides is 1. The predicted octanol–water partition coefficient (Wildman–Crippen LogP) is 1.17. The number of carbonyl (C=O) groups excluding carboxylic acids is 1. The third-order valence-electron chi connectivity index (χ3n) is 2.42. The van der Waals surface area contributed by atoms with Gasteiger partial charge in [-0.25, -0.2) is 4.79 Å². The van der Waals surface area contributed by atoms with Crippen LogP contribution < -0.4 is 5.32 Å². The lowest BCUT2D eigenvalue weighted by Gasteiger charge is -2.09. The van der Waals surface area contributed by atoms with Gasteiger partial charge < -0.3 is 15.5 Å². The zero-order valence-corrected chi connectivity index (χ0v) is 12.0. The van der Waals surface area contributed by atoms with Crippen LogP contribution in [0, 0.1) is 10.5 Å². The quantitative estimate of drug-likeness (QED) is 0.686. The van der Waals surface area contributed by atoms with Gasteiger partial charge in [-0.3, -0.25) is 4.79 Å². The molecule has 1 amide bonds. The fourth-order valence-electron chi connectivity index (χ4n) is 1.36. The number of hydrogen-bond donors (Lipinski definition) is 3. The van der Waals surface area contributed by atoms with Crippen LogP contribution in [-0.2, 0) is 4.79 Å². The Kier molecular flexibility index (Phi) is 5.54. The van der Waals surface area contributed by atoms with Gasteiger partial charge in [-0.2, -0.15) is 0 Å². The fraction of sp³-hybridized carbons (Fsp3) is 0.333. The molecule has 3 N–H and O–H groups in total. The van der Waals surface area contributed by atoms with Gasteiger partial charge in [0.05, 0.1) is 5.56 Å². The first-order chi connectivity index (χ1) is 8.43. The number of carboxylic acids is 1. The molecular weight excluding hydrogens is 349 g/mol. The van der Waals surface area contributed by atoms with E-state index in [1.165, 1.54) is 0 Å². The molecular formula is C12H14INO4. The summed E-state index contributed by atoms with van der Waals surface area (Å²) in [5.41, 5.74) is 1.56. The minimum absolute atomic E-state index is 0.0104. The molecule has 0 bridgehead atoms. The monoisotopic (exact) mass is 363 g/mol. The number of aliphatic hydroxyl groups excluding tert-OH is 1. The predicted molar refractivity (Wildman–Crippen MR) is 74.5 cm³/mol. The lowest BCUT2D eigenvalue weighted by atomic mass is 10.1. The van der Waals surface area contributed by atoms with Gasteiger partial charge in [-0.1, -0.05) is 12.1 Å². The van der Waals surface area contributed by atoms with Gasteiger partial charge in [0.1, 0.15) is 0 Å². The average Bonchev–Trinajstić information content (AvgIpc) is 2.32. The van der Waals surface area contributed by atoms with Crippen molar-refractivity contribution in [2.75, 3.05) is 6.54 Å². The highest BCUT2D eigenvalue weighted by Gasteiger charge is 2.14. The molecule has 0 saturated carbocycles. The maximum absolute atomic E-state index is 11.8. The van der Waals surface area contributed by atoms with Gasteiger partial charge in [0, 0.05) is 16.5 Å². The van der Waals surface area contributed by atoms with E-state index in [0.29, 0.717) is 5.56 Å². The van der Waals surface area contributed by atoms with Gasteiger partial charge >= 0.3 is 5.97 Å². The van der Waals surface area contributed by atoms with Gasteiger partial charge in [0.15, 0.2) is 6.10 Å². The second kappa shape index (κ2) is 6.69. The number of rotatable bonds is 5. The molecule has 0 fully saturated rings. The molecule has 0 radical (unpaired) electrons. The molecule has 1 aromatic carbocycles. The molecule has 0 aliphatic heterocycles. The van der Waals surface area contributed by atoms with Crippen molar-refractivity contribution in [3.05, 3.63) is 32.9 Å². The molecule has 98 valence electrons. The summed E-state index contributed by atoms with van der Waals surface area (Å²) >= 11 is 2.09. The first-order valence-corrected chi connectivity index (χ1v) is 6.45. The van der Waals surface area contributed by atoms with Crippen LogP contribution in [0.3, 0.4) is 0 Å². The molecule has 5 nitrogen and oxygen atoms in total. The number of aryl methyl sites for hydroxylation is 1. The normalized spacial score (nSPS) is 11.9. The Balaban J connectivity index is 2.56. The summed E-state index contributed by atoms with van der Waals surface area (Å²) < 4.78 is 0.867. The van der Waals surface area contributed by atoms with Crippen molar-refractivity contribution in [2.24, 2.45) is 0 Å². The Hall–Kier alpha value is -1.15. The second-order valence-electron chi connectivity index (χ2n) is 3.84. The van der Waals surface area contributed by atoms with E-state index in [9.17, 15) is 9.59 Å². The van der Waals surface area contributed by atoms with Crippen molar-refractivity contribution in [2.45, 2.75) is 19.4 Å². The molecule has 18 heavy (non-hydrogen) atoms. The van der Waals surface area contributed by atoms with Crippen LogP contribution in [0.25, 0.3) is 0 Å². The van der Waals surface area contributed by atoms with Crippen molar-refractivity contribution >= 4 is 34.5 Å². The lowest BCUT2D eigenvalue weighted by Crippen LogP contribution is -2.30. The molecule has 1 atom stereocenters. The van der Waals surface area contributed by atoms with Gasteiger partial charge in [0.2, 0.25) is 0 Å². The van der Waals surface area contributed by atoms with Crippen molar-refractivity contribution < 1.29 is 19.8 Å². The van der Waals surface area contributed by atoms with E-state index >= 15 is 0 Å². The Bertz CT molecular complexity index is 461. The molecule has 0 heterocycles. The van der Waals surface area contributed by atoms with Crippen LogP contribution in [0.2, 0.25) is 0 Å². The van der Waals surface area contributed by atoms with E-state index in [4.69, 9.17) is 10.2 Å². The fourth-order valence-corrected chi connectivity index (χ4v) is 1.97. The molecule has 0 saturated heterocycles. The molecule has 0 aliphatic rings. The van der Waals surface area contributed by atoms with E-state index in [-0.39, 0.29) is 18.9 Å². The van der Waals surface area contributed by atoms with E-state index in [1.807, 2.05) is 13.0 Å². The third kappa shape index (κ3) is 3.95. The average molecular weight is 363 g/mol. The Morgan fingerprint density at radius 2 is 2.11 bits per heavy atom. The number of benzene rings is 1. The van der Waals surface area contributed by atoms with Crippen molar-refractivity contribution in [3.63, 3.8) is 0 Å². The summed E-state index contributed by atoms with van der Waals surface area (Å²) in [6, 6.07) is 5.41. The molecule has 1 rings (SSSR count). The summed E-state index contributed by atoms with van der Waals surface area (Å²) in [5.74, 6) is -1.55. The van der Waals surface area contributed by atoms with Crippen LogP contribution in [0.5, 0.6) is 0 Å². The van der Waals surface area contributed by atoms with Crippen LogP contribution >= 0.6 is 22.6 Å². The minimum Gasteiger partial charge on any atom is -0.479 e. The van der Waals surface area contributed by atoms with E-state index in [0.717, 1.165) is 9.13 Å². The third-order valence-corrected chi connectivity index (χ3v) is 3.86. The van der Waals surface area contributed by atoms with E-state index in [2.05, 4.69) is 27.9 Å². The number of aliphatic hydroxyl groups is 1. The topological polar surface area (TPSA) is 86.6 Å². The molecule has 6 heteroatoms. The number of halogens is 1. The number of carbonyl (C=O) groups is 2. The van der Waals surface area contributed by atoms with E-state index in [1.54, 1.807) is 12.1 Å². The summed E-state index contributed by atoms with van der Waals surface area (Å²) in [7, 11) is 0. The summed E-state index contributed by atoms with van der Waals surface area (Å²) in [6.07, 6.45) is -1.45. The molecule has 0 spiro atoms. The van der Waals surface area contributed by atoms with Gasteiger partial charge in [-0.05, 0) is 41.1 Å². The van der Waals surface area contributed by atoms with Crippen LogP contribution in [0.15, 0.2) is 18.2 Å². The molecule has 0 aromatic heterocycles. The Labute approximate surface area is 118 Å². The standard InChI is InChI=1S/C12H14INO4/c1-7-3-2-4-8(10(7)13)11(16)14-6-5-9(15)12(17)18/h2-4,9,15H,5-6H2,1H3,(H,14,16)(H,17,18)/t9-/m0/s1. The first kappa shape index (κ1) is 14.9. The highest BCUT2D eigenvalue weighted by Crippen LogP contribution is 2.16. The smallest absolute Gasteiger partial charge is 0.332 e. The highest BCUT2D eigenvalue weighted by atomic mass is 127. The van der Waals surface area contributed by atoms with Crippen molar-refractivity contribution in [1.29, 1.82) is 0 Å². The summed E-state index contributed by atoms with van der Waals surface area (Å²) in [6.45, 7) is 2.03. The Morgan fingerprint density at radius 1 is 1.44 bits per heavy atom. The molecule has 0 aliphatic carbocycles. The number of aliphatic carboxylic acids is 1. The van der Waals surface area contributed by atoms with Crippen molar-refractivity contribution in [1.82, 2.24) is 5.32 Å². The first-order valence-electron chi connectivity index (χ1n) is 5.37. The SMILES string of the molecule is Cc1cccc(C(=O)NCC[C@H](O)C(=O)O)c1I.